The van der Waals surface area contributed by atoms with E-state index < -0.39 is 16.8 Å². The van der Waals surface area contributed by atoms with Crippen molar-refractivity contribution in [1.82, 2.24) is 0 Å². The van der Waals surface area contributed by atoms with Crippen LogP contribution in [0.3, 0.4) is 0 Å². The third-order valence-corrected chi connectivity index (χ3v) is 3.23. The lowest BCUT2D eigenvalue weighted by Gasteiger charge is -2.04. The highest BCUT2D eigenvalue weighted by molar-refractivity contribution is 5.81. The lowest BCUT2D eigenvalue weighted by atomic mass is 9.98. The van der Waals surface area contributed by atoms with Gasteiger partial charge in [0.1, 0.15) is 0 Å². The summed E-state index contributed by atoms with van der Waals surface area (Å²) in [6.45, 7) is 0. The average Bonchev–Trinajstić information content (AvgIpc) is 2.52. The van der Waals surface area contributed by atoms with Crippen molar-refractivity contribution in [2.75, 3.05) is 0 Å². The van der Waals surface area contributed by atoms with E-state index in [9.17, 15) is 4.79 Å². The fourth-order valence-electron chi connectivity index (χ4n) is 2.41. The standard InChI is InChI=1S/C8H9NO2/c9-5-7-2-1-3-8(7,4-7)6(10)11/h1-4H2,(H,10,11). The molecule has 0 radical (unpaired) electrons. The summed E-state index contributed by atoms with van der Waals surface area (Å²) in [5.41, 5.74) is -1.11. The molecule has 2 rings (SSSR count). The number of hydrogen-bond donors (Lipinski definition) is 1. The predicted molar refractivity (Wildman–Crippen MR) is 36.6 cm³/mol. The molecule has 2 atom stereocenters. The normalized spacial score (nSPS) is 46.1. The van der Waals surface area contributed by atoms with Gasteiger partial charge in [0.15, 0.2) is 0 Å². The largest absolute Gasteiger partial charge is 0.481 e. The molecule has 0 heterocycles. The van der Waals surface area contributed by atoms with E-state index in [0.717, 1.165) is 12.8 Å². The zero-order valence-electron chi connectivity index (χ0n) is 6.13. The SMILES string of the molecule is N#CC12CCCC1(C(=O)O)C2. The second-order valence-electron chi connectivity index (χ2n) is 3.61. The Morgan fingerprint density at radius 1 is 1.55 bits per heavy atom. The van der Waals surface area contributed by atoms with Crippen molar-refractivity contribution in [1.29, 1.82) is 5.26 Å². The summed E-state index contributed by atoms with van der Waals surface area (Å²) < 4.78 is 0. The third kappa shape index (κ3) is 0.518. The highest BCUT2D eigenvalue weighted by atomic mass is 16.4. The van der Waals surface area contributed by atoms with Crippen molar-refractivity contribution in [3.63, 3.8) is 0 Å². The summed E-state index contributed by atoms with van der Waals surface area (Å²) in [6, 6.07) is 2.16. The molecule has 0 aliphatic heterocycles. The number of carbonyl (C=O) groups is 1. The van der Waals surface area contributed by atoms with Crippen molar-refractivity contribution < 1.29 is 9.90 Å². The Kier molecular flexibility index (Phi) is 0.956. The fourth-order valence-corrected chi connectivity index (χ4v) is 2.41. The van der Waals surface area contributed by atoms with Crippen LogP contribution in [0.25, 0.3) is 0 Å². The van der Waals surface area contributed by atoms with Crippen LogP contribution in [0.4, 0.5) is 0 Å². The smallest absolute Gasteiger partial charge is 0.311 e. The van der Waals surface area contributed by atoms with E-state index in [1.165, 1.54) is 0 Å². The molecule has 2 fully saturated rings. The molecule has 58 valence electrons. The maximum absolute atomic E-state index is 10.8. The van der Waals surface area contributed by atoms with Gasteiger partial charge in [-0.1, -0.05) is 6.42 Å². The van der Waals surface area contributed by atoms with Crippen LogP contribution in [0.5, 0.6) is 0 Å². The monoisotopic (exact) mass is 151 g/mol. The van der Waals surface area contributed by atoms with Crippen LogP contribution < -0.4 is 0 Å². The number of carboxylic acids is 1. The van der Waals surface area contributed by atoms with Crippen molar-refractivity contribution in [3.8, 4) is 6.07 Å². The minimum atomic E-state index is -0.767. The first-order valence-corrected chi connectivity index (χ1v) is 3.82. The summed E-state index contributed by atoms with van der Waals surface area (Å²) in [5.74, 6) is -0.767. The molecule has 0 aromatic heterocycles. The topological polar surface area (TPSA) is 61.1 Å². The van der Waals surface area contributed by atoms with E-state index in [0.29, 0.717) is 12.8 Å². The summed E-state index contributed by atoms with van der Waals surface area (Å²) in [5, 5.41) is 17.6. The minimum Gasteiger partial charge on any atom is -0.481 e. The van der Waals surface area contributed by atoms with Gasteiger partial charge in [-0.2, -0.15) is 5.26 Å². The number of carboxylic acid groups (broad SMARTS) is 1. The van der Waals surface area contributed by atoms with E-state index in [1.54, 1.807) is 0 Å². The van der Waals surface area contributed by atoms with Crippen molar-refractivity contribution in [2.24, 2.45) is 10.8 Å². The molecule has 0 saturated heterocycles. The number of nitrogens with zero attached hydrogens (tertiary/aromatic N) is 1. The minimum absolute atomic E-state index is 0.473. The fraction of sp³-hybridized carbons (Fsp3) is 0.750. The first-order valence-electron chi connectivity index (χ1n) is 3.82. The molecule has 11 heavy (non-hydrogen) atoms. The van der Waals surface area contributed by atoms with Crippen LogP contribution in [-0.4, -0.2) is 11.1 Å². The second-order valence-corrected chi connectivity index (χ2v) is 3.61. The molecule has 0 amide bonds. The molecule has 0 spiro atoms. The van der Waals surface area contributed by atoms with E-state index >= 15 is 0 Å². The predicted octanol–water partition coefficient (Wildman–Crippen LogP) is 1.15. The van der Waals surface area contributed by atoms with Gasteiger partial charge in [0.2, 0.25) is 0 Å². The van der Waals surface area contributed by atoms with Gasteiger partial charge in [0.25, 0.3) is 0 Å². The molecular formula is C8H9NO2. The van der Waals surface area contributed by atoms with Gasteiger partial charge in [-0.15, -0.1) is 0 Å². The van der Waals surface area contributed by atoms with Crippen molar-refractivity contribution >= 4 is 5.97 Å². The van der Waals surface area contributed by atoms with Gasteiger partial charge in [0, 0.05) is 0 Å². The van der Waals surface area contributed by atoms with Gasteiger partial charge in [0.05, 0.1) is 16.9 Å². The first-order chi connectivity index (χ1) is 5.17. The maximum Gasteiger partial charge on any atom is 0.311 e. The molecule has 1 N–H and O–H groups in total. The average molecular weight is 151 g/mol. The molecule has 2 aliphatic carbocycles. The Morgan fingerprint density at radius 3 is 2.64 bits per heavy atom. The van der Waals surface area contributed by atoms with Crippen molar-refractivity contribution in [2.45, 2.75) is 25.7 Å². The van der Waals surface area contributed by atoms with Gasteiger partial charge in [-0.05, 0) is 19.3 Å². The summed E-state index contributed by atoms with van der Waals surface area (Å²) in [6.07, 6.45) is 2.98. The molecule has 0 bridgehead atoms. The highest BCUT2D eigenvalue weighted by Crippen LogP contribution is 2.73. The van der Waals surface area contributed by atoms with Gasteiger partial charge < -0.3 is 5.11 Å². The first kappa shape index (κ1) is 6.66. The highest BCUT2D eigenvalue weighted by Gasteiger charge is 2.75. The van der Waals surface area contributed by atoms with E-state index in [4.69, 9.17) is 10.4 Å². The van der Waals surface area contributed by atoms with Crippen LogP contribution in [0.2, 0.25) is 0 Å². The lowest BCUT2D eigenvalue weighted by Crippen LogP contribution is -2.17. The summed E-state index contributed by atoms with van der Waals surface area (Å²) in [4.78, 5) is 10.8. The third-order valence-electron chi connectivity index (χ3n) is 3.23. The molecule has 3 heteroatoms. The van der Waals surface area contributed by atoms with Crippen LogP contribution in [0.1, 0.15) is 25.7 Å². The molecule has 2 saturated carbocycles. The Balaban J connectivity index is 2.34. The molecule has 0 aromatic carbocycles. The molecule has 2 aliphatic rings. The lowest BCUT2D eigenvalue weighted by molar-refractivity contribution is -0.144. The van der Waals surface area contributed by atoms with Crippen LogP contribution in [-0.2, 0) is 4.79 Å². The van der Waals surface area contributed by atoms with E-state index in [2.05, 4.69) is 6.07 Å². The van der Waals surface area contributed by atoms with Gasteiger partial charge in [-0.3, -0.25) is 4.79 Å². The number of fused-ring (bicyclic) bond motifs is 1. The molecule has 0 aromatic rings. The number of hydrogen-bond acceptors (Lipinski definition) is 2. The zero-order valence-corrected chi connectivity index (χ0v) is 6.13. The molecular weight excluding hydrogens is 142 g/mol. The van der Waals surface area contributed by atoms with E-state index in [-0.39, 0.29) is 0 Å². The quantitative estimate of drug-likeness (QED) is 0.611. The summed E-state index contributed by atoms with van der Waals surface area (Å²) in [7, 11) is 0. The number of rotatable bonds is 1. The van der Waals surface area contributed by atoms with Crippen LogP contribution in [0.15, 0.2) is 0 Å². The molecule has 3 nitrogen and oxygen atoms in total. The zero-order chi connectivity index (χ0) is 8.11. The van der Waals surface area contributed by atoms with Crippen LogP contribution >= 0.6 is 0 Å². The van der Waals surface area contributed by atoms with Gasteiger partial charge in [-0.25, -0.2) is 0 Å². The molecule has 2 unspecified atom stereocenters. The second kappa shape index (κ2) is 1.58. The van der Waals surface area contributed by atoms with E-state index in [1.807, 2.05) is 0 Å². The number of nitriles is 1. The Labute approximate surface area is 64.6 Å². The Bertz CT molecular complexity index is 268. The Morgan fingerprint density at radius 2 is 2.27 bits per heavy atom. The van der Waals surface area contributed by atoms with Crippen LogP contribution in [0, 0.1) is 22.2 Å². The Hall–Kier alpha value is -1.04. The maximum atomic E-state index is 10.8. The summed E-state index contributed by atoms with van der Waals surface area (Å²) >= 11 is 0. The number of aliphatic carboxylic acids is 1. The van der Waals surface area contributed by atoms with Crippen molar-refractivity contribution in [3.05, 3.63) is 0 Å². The van der Waals surface area contributed by atoms with Gasteiger partial charge >= 0.3 is 5.97 Å².